The first-order chi connectivity index (χ1) is 8.47. The quantitative estimate of drug-likeness (QED) is 0.919. The fourth-order valence-electron chi connectivity index (χ4n) is 1.43. The number of aromatic amines is 1. The van der Waals surface area contributed by atoms with E-state index in [4.69, 9.17) is 23.2 Å². The standard InChI is InChI=1S/C11H7Cl2FN2O2/c12-7-3-6(1-2-9(7)14)4-16-5-8(13)10(17)15-11(16)18/h1-3,5H,4H2,(H,15,17,18). The number of hydrogen-bond acceptors (Lipinski definition) is 2. The second kappa shape index (κ2) is 4.96. The van der Waals surface area contributed by atoms with Crippen molar-refractivity contribution in [3.05, 3.63) is 66.7 Å². The van der Waals surface area contributed by atoms with Gasteiger partial charge in [0.2, 0.25) is 0 Å². The van der Waals surface area contributed by atoms with Crippen molar-refractivity contribution >= 4 is 23.2 Å². The van der Waals surface area contributed by atoms with E-state index in [-0.39, 0.29) is 16.6 Å². The maximum atomic E-state index is 13.0. The molecule has 94 valence electrons. The summed E-state index contributed by atoms with van der Waals surface area (Å²) in [6.07, 6.45) is 1.22. The smallest absolute Gasteiger partial charge is 0.295 e. The van der Waals surface area contributed by atoms with Crippen molar-refractivity contribution in [2.24, 2.45) is 0 Å². The Labute approximate surface area is 111 Å². The average Bonchev–Trinajstić information content (AvgIpc) is 2.31. The molecule has 0 radical (unpaired) electrons. The molecule has 1 N–H and O–H groups in total. The zero-order chi connectivity index (χ0) is 13.3. The van der Waals surface area contributed by atoms with E-state index in [0.717, 1.165) is 0 Å². The highest BCUT2D eigenvalue weighted by molar-refractivity contribution is 6.30. The van der Waals surface area contributed by atoms with Crippen molar-refractivity contribution in [3.63, 3.8) is 0 Å². The maximum Gasteiger partial charge on any atom is 0.328 e. The number of hydrogen-bond donors (Lipinski definition) is 1. The fourth-order valence-corrected chi connectivity index (χ4v) is 1.80. The van der Waals surface area contributed by atoms with E-state index < -0.39 is 17.1 Å². The molecule has 0 spiro atoms. The zero-order valence-electron chi connectivity index (χ0n) is 8.91. The first-order valence-electron chi connectivity index (χ1n) is 4.90. The molecular formula is C11H7Cl2FN2O2. The van der Waals surface area contributed by atoms with Crippen LogP contribution in [0.1, 0.15) is 5.56 Å². The van der Waals surface area contributed by atoms with Gasteiger partial charge in [0.1, 0.15) is 10.8 Å². The molecule has 2 rings (SSSR count). The van der Waals surface area contributed by atoms with Crippen LogP contribution in [-0.2, 0) is 6.54 Å². The van der Waals surface area contributed by atoms with Gasteiger partial charge in [-0.2, -0.15) is 0 Å². The van der Waals surface area contributed by atoms with Crippen LogP contribution < -0.4 is 11.2 Å². The maximum absolute atomic E-state index is 13.0. The van der Waals surface area contributed by atoms with Gasteiger partial charge in [0, 0.05) is 6.20 Å². The summed E-state index contributed by atoms with van der Waals surface area (Å²) in [5.41, 5.74) is -0.619. The van der Waals surface area contributed by atoms with Crippen molar-refractivity contribution in [1.82, 2.24) is 9.55 Å². The van der Waals surface area contributed by atoms with E-state index in [1.165, 1.54) is 29.0 Å². The van der Waals surface area contributed by atoms with E-state index in [1.807, 2.05) is 0 Å². The Hall–Kier alpha value is -1.59. The molecule has 4 nitrogen and oxygen atoms in total. The summed E-state index contributed by atoms with van der Waals surface area (Å²) >= 11 is 11.2. The van der Waals surface area contributed by atoms with Crippen LogP contribution in [0.2, 0.25) is 10.0 Å². The normalized spacial score (nSPS) is 10.6. The fraction of sp³-hybridized carbons (Fsp3) is 0.0909. The van der Waals surface area contributed by atoms with Gasteiger partial charge < -0.3 is 0 Å². The Balaban J connectivity index is 2.40. The van der Waals surface area contributed by atoms with Crippen LogP contribution in [0, 0.1) is 5.82 Å². The van der Waals surface area contributed by atoms with E-state index >= 15 is 0 Å². The molecule has 0 saturated carbocycles. The van der Waals surface area contributed by atoms with Crippen molar-refractivity contribution in [3.8, 4) is 0 Å². The molecule has 1 heterocycles. The Bertz CT molecular complexity index is 709. The van der Waals surface area contributed by atoms with Gasteiger partial charge in [-0.05, 0) is 17.7 Å². The van der Waals surface area contributed by atoms with Crippen LogP contribution in [0.4, 0.5) is 4.39 Å². The number of halogens is 3. The lowest BCUT2D eigenvalue weighted by atomic mass is 10.2. The summed E-state index contributed by atoms with van der Waals surface area (Å²) in [6.45, 7) is 0.134. The number of benzene rings is 1. The van der Waals surface area contributed by atoms with Gasteiger partial charge in [0.15, 0.2) is 0 Å². The molecule has 0 aliphatic heterocycles. The lowest BCUT2D eigenvalue weighted by Crippen LogP contribution is -2.29. The Morgan fingerprint density at radius 2 is 1.94 bits per heavy atom. The summed E-state index contributed by atoms with van der Waals surface area (Å²) in [4.78, 5) is 24.6. The molecule has 0 saturated heterocycles. The van der Waals surface area contributed by atoms with E-state index in [1.54, 1.807) is 0 Å². The highest BCUT2D eigenvalue weighted by atomic mass is 35.5. The lowest BCUT2D eigenvalue weighted by Gasteiger charge is -2.06. The van der Waals surface area contributed by atoms with Gasteiger partial charge in [0.05, 0.1) is 11.6 Å². The minimum Gasteiger partial charge on any atom is -0.295 e. The van der Waals surface area contributed by atoms with Gasteiger partial charge in [-0.3, -0.25) is 14.3 Å². The van der Waals surface area contributed by atoms with Crippen LogP contribution in [0.5, 0.6) is 0 Å². The summed E-state index contributed by atoms with van der Waals surface area (Å²) in [6, 6.07) is 4.10. The molecule has 0 aliphatic rings. The van der Waals surface area contributed by atoms with Crippen molar-refractivity contribution in [2.75, 3.05) is 0 Å². The molecule has 18 heavy (non-hydrogen) atoms. The van der Waals surface area contributed by atoms with Crippen molar-refractivity contribution in [1.29, 1.82) is 0 Å². The lowest BCUT2D eigenvalue weighted by molar-refractivity contribution is 0.626. The van der Waals surface area contributed by atoms with Gasteiger partial charge >= 0.3 is 5.69 Å². The number of H-pyrrole nitrogens is 1. The first-order valence-corrected chi connectivity index (χ1v) is 5.66. The van der Waals surface area contributed by atoms with Gasteiger partial charge in [-0.15, -0.1) is 0 Å². The van der Waals surface area contributed by atoms with Gasteiger partial charge in [-0.25, -0.2) is 9.18 Å². The summed E-state index contributed by atoms with van der Waals surface area (Å²) < 4.78 is 14.2. The molecule has 0 amide bonds. The third kappa shape index (κ3) is 2.63. The molecule has 0 fully saturated rings. The van der Waals surface area contributed by atoms with E-state index in [9.17, 15) is 14.0 Å². The van der Waals surface area contributed by atoms with Crippen LogP contribution >= 0.6 is 23.2 Å². The molecule has 0 aliphatic carbocycles. The average molecular weight is 289 g/mol. The highest BCUT2D eigenvalue weighted by Gasteiger charge is 2.05. The third-order valence-electron chi connectivity index (χ3n) is 2.30. The highest BCUT2D eigenvalue weighted by Crippen LogP contribution is 2.16. The van der Waals surface area contributed by atoms with Crippen LogP contribution in [0.3, 0.4) is 0 Å². The number of nitrogens with zero attached hydrogens (tertiary/aromatic N) is 1. The van der Waals surface area contributed by atoms with E-state index in [0.29, 0.717) is 5.56 Å². The zero-order valence-corrected chi connectivity index (χ0v) is 10.4. The predicted molar refractivity (Wildman–Crippen MR) is 66.8 cm³/mol. The SMILES string of the molecule is O=c1[nH]c(=O)n(Cc2ccc(F)c(Cl)c2)cc1Cl. The van der Waals surface area contributed by atoms with Crippen LogP contribution in [0.15, 0.2) is 34.0 Å². The molecule has 2 aromatic rings. The Morgan fingerprint density at radius 1 is 1.22 bits per heavy atom. The Kier molecular flexibility index (Phi) is 3.54. The van der Waals surface area contributed by atoms with Crippen LogP contribution in [-0.4, -0.2) is 9.55 Å². The molecule has 7 heteroatoms. The monoisotopic (exact) mass is 288 g/mol. The molecular weight excluding hydrogens is 282 g/mol. The predicted octanol–water partition coefficient (Wildman–Crippen LogP) is 2.03. The summed E-state index contributed by atoms with van der Waals surface area (Å²) in [7, 11) is 0. The second-order valence-corrected chi connectivity index (χ2v) is 4.43. The molecule has 1 aromatic carbocycles. The third-order valence-corrected chi connectivity index (χ3v) is 2.86. The van der Waals surface area contributed by atoms with Crippen molar-refractivity contribution in [2.45, 2.75) is 6.54 Å². The largest absolute Gasteiger partial charge is 0.328 e. The molecule has 0 bridgehead atoms. The number of rotatable bonds is 2. The summed E-state index contributed by atoms with van der Waals surface area (Å²) in [5.74, 6) is -0.535. The Morgan fingerprint density at radius 3 is 2.61 bits per heavy atom. The molecule has 0 unspecified atom stereocenters. The van der Waals surface area contributed by atoms with Crippen molar-refractivity contribution < 1.29 is 4.39 Å². The molecule has 0 atom stereocenters. The minimum absolute atomic E-state index is 0.0314. The number of nitrogens with one attached hydrogen (secondary N) is 1. The van der Waals surface area contributed by atoms with Crippen LogP contribution in [0.25, 0.3) is 0 Å². The summed E-state index contributed by atoms with van der Waals surface area (Å²) in [5, 5.41) is -0.126. The first kappa shape index (κ1) is 12.9. The molecule has 1 aromatic heterocycles. The topological polar surface area (TPSA) is 54.9 Å². The van der Waals surface area contributed by atoms with Gasteiger partial charge in [0.25, 0.3) is 5.56 Å². The van der Waals surface area contributed by atoms with E-state index in [2.05, 4.69) is 4.98 Å². The second-order valence-electron chi connectivity index (χ2n) is 3.61. The number of aromatic nitrogens is 2. The van der Waals surface area contributed by atoms with Gasteiger partial charge in [-0.1, -0.05) is 29.3 Å². The minimum atomic E-state index is -0.643.